The molecule has 0 heterocycles. The molecule has 0 saturated carbocycles. The van der Waals surface area contributed by atoms with Gasteiger partial charge >= 0.3 is 11.9 Å². The molecule has 4 N–H and O–H groups in total. The lowest BCUT2D eigenvalue weighted by Gasteiger charge is -2.07. The van der Waals surface area contributed by atoms with Crippen LogP contribution in [0.25, 0.3) is 0 Å². The molecule has 0 aliphatic rings. The lowest BCUT2D eigenvalue weighted by atomic mass is 10.1. The van der Waals surface area contributed by atoms with Crippen LogP contribution in [0.4, 0.5) is 0 Å². The Bertz CT molecular complexity index is 401. The van der Waals surface area contributed by atoms with Crippen LogP contribution >= 0.6 is 0 Å². The third-order valence-corrected chi connectivity index (χ3v) is 2.06. The Hall–Kier alpha value is -1.92. The summed E-state index contributed by atoms with van der Waals surface area (Å²) in [7, 11) is 0. The number of aliphatic hydroxyl groups excluding tert-OH is 1. The Morgan fingerprint density at radius 1 is 1.29 bits per heavy atom. The van der Waals surface area contributed by atoms with Gasteiger partial charge in [0.1, 0.15) is 18.4 Å². The number of carboxylic acid groups (broad SMARTS) is 1. The van der Waals surface area contributed by atoms with Crippen molar-refractivity contribution in [3.63, 3.8) is 0 Å². The molecule has 0 aliphatic carbocycles. The Morgan fingerprint density at radius 3 is 2.35 bits per heavy atom. The van der Waals surface area contributed by atoms with Crippen molar-refractivity contribution in [1.29, 1.82) is 0 Å². The fourth-order valence-corrected chi connectivity index (χ4v) is 1.20. The second-order valence-corrected chi connectivity index (χ2v) is 3.42. The summed E-state index contributed by atoms with van der Waals surface area (Å²) in [5, 5.41) is 17.1. The zero-order valence-corrected chi connectivity index (χ0v) is 9.00. The molecule has 6 heteroatoms. The van der Waals surface area contributed by atoms with Gasteiger partial charge in [0.2, 0.25) is 0 Å². The maximum Gasteiger partial charge on any atom is 0.337 e. The molecule has 0 fully saturated rings. The first kappa shape index (κ1) is 13.1. The van der Waals surface area contributed by atoms with Crippen molar-refractivity contribution < 1.29 is 24.5 Å². The number of hydrogen-bond donors (Lipinski definition) is 3. The zero-order valence-electron chi connectivity index (χ0n) is 9.00. The maximum absolute atomic E-state index is 10.8. The van der Waals surface area contributed by atoms with E-state index in [4.69, 9.17) is 20.7 Å². The van der Waals surface area contributed by atoms with Crippen LogP contribution < -0.4 is 10.5 Å². The van der Waals surface area contributed by atoms with Gasteiger partial charge in [-0.05, 0) is 24.1 Å². The Morgan fingerprint density at radius 2 is 1.88 bits per heavy atom. The molecule has 0 aliphatic heterocycles. The van der Waals surface area contributed by atoms with Crippen LogP contribution in [0.3, 0.4) is 0 Å². The topological polar surface area (TPSA) is 110 Å². The van der Waals surface area contributed by atoms with Gasteiger partial charge in [0.25, 0.3) is 0 Å². The van der Waals surface area contributed by atoms with E-state index in [-0.39, 0.29) is 12.2 Å². The van der Waals surface area contributed by atoms with Crippen molar-refractivity contribution >= 4 is 11.9 Å². The molecule has 0 amide bonds. The molecule has 0 aromatic heterocycles. The van der Waals surface area contributed by atoms with E-state index < -0.39 is 24.6 Å². The van der Waals surface area contributed by atoms with Crippen molar-refractivity contribution in [3.8, 4) is 5.75 Å². The molecule has 1 rings (SSSR count). The summed E-state index contributed by atoms with van der Waals surface area (Å²) in [6.07, 6.45) is 0.198. The van der Waals surface area contributed by atoms with E-state index in [0.717, 1.165) is 5.56 Å². The van der Waals surface area contributed by atoms with Crippen molar-refractivity contribution in [2.24, 2.45) is 5.73 Å². The van der Waals surface area contributed by atoms with Gasteiger partial charge in [0.15, 0.2) is 0 Å². The number of nitrogens with two attached hydrogens (primary N) is 1. The van der Waals surface area contributed by atoms with Crippen molar-refractivity contribution in [2.45, 2.75) is 12.5 Å². The average Bonchev–Trinajstić information content (AvgIpc) is 2.31. The summed E-state index contributed by atoms with van der Waals surface area (Å²) in [4.78, 5) is 21.3. The molecule has 1 aromatic rings. The number of esters is 1. The number of benzene rings is 1. The molecule has 17 heavy (non-hydrogen) atoms. The Balaban J connectivity index is 2.62. The van der Waals surface area contributed by atoms with Crippen LogP contribution in [0.5, 0.6) is 5.75 Å². The number of carbonyl (C=O) groups excluding carboxylic acids is 1. The number of ether oxygens (including phenoxy) is 1. The van der Waals surface area contributed by atoms with Gasteiger partial charge in [-0.3, -0.25) is 4.79 Å². The molecule has 0 radical (unpaired) electrons. The minimum atomic E-state index is -1.07. The van der Waals surface area contributed by atoms with E-state index in [2.05, 4.69) is 0 Å². The monoisotopic (exact) mass is 239 g/mol. The molecule has 1 aromatic carbocycles. The number of carboxylic acids is 1. The minimum absolute atomic E-state index is 0.198. The molecule has 92 valence electrons. The minimum Gasteiger partial charge on any atom is -0.480 e. The van der Waals surface area contributed by atoms with E-state index >= 15 is 0 Å². The predicted octanol–water partition coefficient (Wildman–Crippen LogP) is -0.461. The number of carbonyl (C=O) groups is 2. The Labute approximate surface area is 97.6 Å². The molecule has 0 spiro atoms. The molecule has 0 unspecified atom stereocenters. The molecular formula is C11H13NO5. The standard InChI is InChI=1S/C11H13NO5/c12-9(11(15)16)5-7-1-3-8(4-2-7)17-10(14)6-13/h1-4,9,13H,5-6,12H2,(H,15,16)/t9-/m0/s1. The highest BCUT2D eigenvalue weighted by Crippen LogP contribution is 2.13. The predicted molar refractivity (Wildman–Crippen MR) is 58.5 cm³/mol. The van der Waals surface area contributed by atoms with Crippen LogP contribution in [0.2, 0.25) is 0 Å². The lowest BCUT2D eigenvalue weighted by molar-refractivity contribution is -0.138. The van der Waals surface area contributed by atoms with E-state index in [1.54, 1.807) is 12.1 Å². The summed E-state index contributed by atoms with van der Waals surface area (Å²) in [6, 6.07) is 5.29. The van der Waals surface area contributed by atoms with Gasteiger partial charge in [0, 0.05) is 0 Å². The van der Waals surface area contributed by atoms with Gasteiger partial charge in [0.05, 0.1) is 0 Å². The van der Waals surface area contributed by atoms with E-state index in [1.807, 2.05) is 0 Å². The summed E-state index contributed by atoms with van der Waals surface area (Å²) < 4.78 is 4.73. The highest BCUT2D eigenvalue weighted by Gasteiger charge is 2.12. The van der Waals surface area contributed by atoms with Gasteiger partial charge in [-0.1, -0.05) is 12.1 Å². The number of aliphatic hydroxyl groups is 1. The van der Waals surface area contributed by atoms with Crippen molar-refractivity contribution in [3.05, 3.63) is 29.8 Å². The van der Waals surface area contributed by atoms with Gasteiger partial charge in [-0.15, -0.1) is 0 Å². The van der Waals surface area contributed by atoms with Crippen molar-refractivity contribution in [1.82, 2.24) is 0 Å². The second kappa shape index (κ2) is 5.97. The Kier molecular flexibility index (Phi) is 4.62. The number of hydrogen-bond acceptors (Lipinski definition) is 5. The van der Waals surface area contributed by atoms with Gasteiger partial charge < -0.3 is 20.7 Å². The third kappa shape index (κ3) is 4.21. The second-order valence-electron chi connectivity index (χ2n) is 3.42. The van der Waals surface area contributed by atoms with Crippen molar-refractivity contribution in [2.75, 3.05) is 6.61 Å². The summed E-state index contributed by atoms with van der Waals surface area (Å²) in [6.45, 7) is -0.689. The first-order valence-corrected chi connectivity index (χ1v) is 4.92. The first-order chi connectivity index (χ1) is 8.02. The summed E-state index contributed by atoms with van der Waals surface area (Å²) in [5.41, 5.74) is 6.10. The zero-order chi connectivity index (χ0) is 12.8. The van der Waals surface area contributed by atoms with E-state index in [1.165, 1.54) is 12.1 Å². The number of rotatable bonds is 5. The summed E-state index contributed by atoms with van der Waals surface area (Å²) in [5.74, 6) is -1.53. The normalized spacial score (nSPS) is 11.9. The maximum atomic E-state index is 10.8. The first-order valence-electron chi connectivity index (χ1n) is 4.92. The molecule has 1 atom stereocenters. The van der Waals surface area contributed by atoms with E-state index in [0.29, 0.717) is 0 Å². The van der Waals surface area contributed by atoms with Crippen LogP contribution in [0.1, 0.15) is 5.56 Å². The number of aliphatic carboxylic acids is 1. The highest BCUT2D eigenvalue weighted by molar-refractivity contribution is 5.74. The SMILES string of the molecule is N[C@@H](Cc1ccc(OC(=O)CO)cc1)C(=O)O. The molecule has 0 bridgehead atoms. The quantitative estimate of drug-likeness (QED) is 0.473. The van der Waals surface area contributed by atoms with Crippen LogP contribution in [0, 0.1) is 0 Å². The molecule has 0 saturated heterocycles. The average molecular weight is 239 g/mol. The lowest BCUT2D eigenvalue weighted by Crippen LogP contribution is -2.32. The fraction of sp³-hybridized carbons (Fsp3) is 0.273. The fourth-order valence-electron chi connectivity index (χ4n) is 1.20. The van der Waals surface area contributed by atoms with Crippen LogP contribution in [0.15, 0.2) is 24.3 Å². The largest absolute Gasteiger partial charge is 0.480 e. The van der Waals surface area contributed by atoms with Crippen LogP contribution in [-0.4, -0.2) is 34.8 Å². The molecular weight excluding hydrogens is 226 g/mol. The van der Waals surface area contributed by atoms with E-state index in [9.17, 15) is 9.59 Å². The molecule has 6 nitrogen and oxygen atoms in total. The van der Waals surface area contributed by atoms with Gasteiger partial charge in [-0.25, -0.2) is 4.79 Å². The van der Waals surface area contributed by atoms with Crippen LogP contribution in [-0.2, 0) is 16.0 Å². The van der Waals surface area contributed by atoms with Gasteiger partial charge in [-0.2, -0.15) is 0 Å². The smallest absolute Gasteiger partial charge is 0.337 e. The third-order valence-electron chi connectivity index (χ3n) is 2.06. The highest BCUT2D eigenvalue weighted by atomic mass is 16.5. The summed E-state index contributed by atoms with van der Waals surface area (Å²) >= 11 is 0.